The summed E-state index contributed by atoms with van der Waals surface area (Å²) in [5.41, 5.74) is 7.84. The van der Waals surface area contributed by atoms with Gasteiger partial charge in [-0.2, -0.15) is 5.10 Å². The van der Waals surface area contributed by atoms with Gasteiger partial charge in [0.25, 0.3) is 0 Å². The van der Waals surface area contributed by atoms with Crippen LogP contribution in [0.5, 0.6) is 0 Å². The molecule has 28 heavy (non-hydrogen) atoms. The third-order valence-electron chi connectivity index (χ3n) is 4.53. The number of aryl methyl sites for hydroxylation is 3. The molecule has 0 unspecified atom stereocenters. The number of nitrogens with one attached hydrogen (secondary N) is 1. The molecule has 0 radical (unpaired) electrons. The predicted octanol–water partition coefficient (Wildman–Crippen LogP) is 5.00. The van der Waals surface area contributed by atoms with Gasteiger partial charge in [-0.1, -0.05) is 43.3 Å². The van der Waals surface area contributed by atoms with Crippen LogP contribution in [-0.2, 0) is 6.42 Å². The first kappa shape index (κ1) is 17.9. The van der Waals surface area contributed by atoms with Crippen molar-refractivity contribution in [2.45, 2.75) is 27.2 Å². The number of aromatic nitrogens is 2. The van der Waals surface area contributed by atoms with E-state index in [0.717, 1.165) is 45.5 Å². The van der Waals surface area contributed by atoms with Crippen molar-refractivity contribution < 1.29 is 4.42 Å². The molecule has 5 heteroatoms. The molecule has 140 valence electrons. The van der Waals surface area contributed by atoms with E-state index < -0.39 is 0 Å². The van der Waals surface area contributed by atoms with Crippen LogP contribution in [0.2, 0.25) is 0 Å². The fraction of sp³-hybridized carbons (Fsp3) is 0.174. The minimum atomic E-state index is 0.486. The summed E-state index contributed by atoms with van der Waals surface area (Å²) >= 11 is 0. The molecule has 0 fully saturated rings. The lowest BCUT2D eigenvalue weighted by atomic mass is 10.1. The van der Waals surface area contributed by atoms with Crippen LogP contribution in [0.3, 0.4) is 0 Å². The average molecular weight is 370 g/mol. The Morgan fingerprint density at radius 2 is 1.68 bits per heavy atom. The SMILES string of the molecule is CCc1ccc2oc(-c3ccccc3)cc(=NNc3nc(C)cc(C)n3)c2c1. The molecule has 2 heterocycles. The van der Waals surface area contributed by atoms with E-state index in [0.29, 0.717) is 5.95 Å². The number of hydrogen-bond donors (Lipinski definition) is 1. The van der Waals surface area contributed by atoms with Gasteiger partial charge in [-0.3, -0.25) is 0 Å². The minimum Gasteiger partial charge on any atom is -0.456 e. The van der Waals surface area contributed by atoms with E-state index in [1.54, 1.807) is 0 Å². The Hall–Kier alpha value is -3.47. The summed E-state index contributed by atoms with van der Waals surface area (Å²) in [6, 6.07) is 20.1. The van der Waals surface area contributed by atoms with Gasteiger partial charge in [-0.15, -0.1) is 0 Å². The van der Waals surface area contributed by atoms with Gasteiger partial charge >= 0.3 is 0 Å². The number of nitrogens with zero attached hydrogens (tertiary/aromatic N) is 3. The van der Waals surface area contributed by atoms with Crippen LogP contribution < -0.4 is 10.8 Å². The Morgan fingerprint density at radius 1 is 0.929 bits per heavy atom. The summed E-state index contributed by atoms with van der Waals surface area (Å²) in [4.78, 5) is 8.81. The third kappa shape index (κ3) is 3.78. The number of hydrogen-bond acceptors (Lipinski definition) is 5. The van der Waals surface area contributed by atoms with Crippen molar-refractivity contribution in [3.63, 3.8) is 0 Å². The molecule has 0 saturated heterocycles. The van der Waals surface area contributed by atoms with Crippen molar-refractivity contribution in [2.24, 2.45) is 5.10 Å². The van der Waals surface area contributed by atoms with E-state index in [2.05, 4.69) is 39.6 Å². The standard InChI is InChI=1S/C23H22N4O/c1-4-17-10-11-21-19(13-17)20(14-22(28-21)18-8-6-5-7-9-18)26-27-23-24-15(2)12-16(3)25-23/h5-14H,4H2,1-3H3,(H,24,25,27). The first-order valence-corrected chi connectivity index (χ1v) is 9.36. The van der Waals surface area contributed by atoms with Crippen molar-refractivity contribution in [3.05, 3.63) is 83.0 Å². The summed E-state index contributed by atoms with van der Waals surface area (Å²) in [6.45, 7) is 6.02. The zero-order valence-corrected chi connectivity index (χ0v) is 16.2. The molecule has 0 aliphatic rings. The second-order valence-corrected chi connectivity index (χ2v) is 6.74. The first-order chi connectivity index (χ1) is 13.6. The minimum absolute atomic E-state index is 0.486. The zero-order valence-electron chi connectivity index (χ0n) is 16.2. The van der Waals surface area contributed by atoms with Crippen molar-refractivity contribution in [1.29, 1.82) is 0 Å². The molecule has 1 N–H and O–H groups in total. The van der Waals surface area contributed by atoms with Crippen molar-refractivity contribution >= 4 is 16.9 Å². The van der Waals surface area contributed by atoms with Gasteiger partial charge in [0.1, 0.15) is 11.3 Å². The lowest BCUT2D eigenvalue weighted by molar-refractivity contribution is 0.618. The number of benzene rings is 2. The second kappa shape index (κ2) is 7.64. The van der Waals surface area contributed by atoms with Gasteiger partial charge in [-0.05, 0) is 44.0 Å². The molecule has 4 rings (SSSR count). The number of anilines is 1. The average Bonchev–Trinajstić information content (AvgIpc) is 2.71. The maximum absolute atomic E-state index is 6.16. The fourth-order valence-electron chi connectivity index (χ4n) is 3.16. The Morgan fingerprint density at radius 3 is 2.39 bits per heavy atom. The third-order valence-corrected chi connectivity index (χ3v) is 4.53. The Labute approximate surface area is 163 Å². The van der Waals surface area contributed by atoms with E-state index in [-0.39, 0.29) is 0 Å². The molecule has 0 atom stereocenters. The number of fused-ring (bicyclic) bond motifs is 1. The van der Waals surface area contributed by atoms with Gasteiger partial charge in [0.2, 0.25) is 5.95 Å². The maximum atomic E-state index is 6.16. The molecule has 5 nitrogen and oxygen atoms in total. The van der Waals surface area contributed by atoms with Gasteiger partial charge in [0.15, 0.2) is 0 Å². The van der Waals surface area contributed by atoms with E-state index in [1.165, 1.54) is 5.56 Å². The summed E-state index contributed by atoms with van der Waals surface area (Å²) < 4.78 is 6.16. The van der Waals surface area contributed by atoms with E-state index >= 15 is 0 Å². The molecule has 0 saturated carbocycles. The molecule has 2 aromatic carbocycles. The summed E-state index contributed by atoms with van der Waals surface area (Å²) in [5, 5.41) is 6.36. The second-order valence-electron chi connectivity index (χ2n) is 6.74. The number of rotatable bonds is 4. The zero-order chi connectivity index (χ0) is 19.5. The lowest BCUT2D eigenvalue weighted by Gasteiger charge is -2.07. The molecular weight excluding hydrogens is 348 g/mol. The van der Waals surface area contributed by atoms with Crippen molar-refractivity contribution in [1.82, 2.24) is 9.97 Å². The topological polar surface area (TPSA) is 63.3 Å². The molecule has 4 aromatic rings. The molecule has 0 amide bonds. The molecular formula is C23H22N4O. The quantitative estimate of drug-likeness (QED) is 0.514. The molecule has 2 aromatic heterocycles. The highest BCUT2D eigenvalue weighted by Crippen LogP contribution is 2.22. The predicted molar refractivity (Wildman–Crippen MR) is 112 cm³/mol. The van der Waals surface area contributed by atoms with E-state index in [9.17, 15) is 0 Å². The Balaban J connectivity index is 1.88. The monoisotopic (exact) mass is 370 g/mol. The van der Waals surface area contributed by atoms with Crippen LogP contribution in [0.15, 0.2) is 70.2 Å². The maximum Gasteiger partial charge on any atom is 0.243 e. The highest BCUT2D eigenvalue weighted by Gasteiger charge is 2.07. The summed E-state index contributed by atoms with van der Waals surface area (Å²) in [6.07, 6.45) is 0.948. The van der Waals surface area contributed by atoms with Gasteiger partial charge in [0, 0.05) is 28.4 Å². The lowest BCUT2D eigenvalue weighted by Crippen LogP contribution is -2.09. The molecule has 0 aliphatic heterocycles. The van der Waals surface area contributed by atoms with Crippen LogP contribution in [0, 0.1) is 13.8 Å². The van der Waals surface area contributed by atoms with Gasteiger partial charge < -0.3 is 4.42 Å². The fourth-order valence-corrected chi connectivity index (χ4v) is 3.16. The highest BCUT2D eigenvalue weighted by atomic mass is 16.3. The highest BCUT2D eigenvalue weighted by molar-refractivity contribution is 5.79. The molecule has 0 aliphatic carbocycles. The summed E-state index contributed by atoms with van der Waals surface area (Å²) in [7, 11) is 0. The van der Waals surface area contributed by atoms with Gasteiger partial charge in [0.05, 0.1) is 5.36 Å². The molecule has 0 bridgehead atoms. The first-order valence-electron chi connectivity index (χ1n) is 9.36. The largest absolute Gasteiger partial charge is 0.456 e. The van der Waals surface area contributed by atoms with E-state index in [1.807, 2.05) is 62.4 Å². The van der Waals surface area contributed by atoms with Crippen molar-refractivity contribution in [2.75, 3.05) is 5.43 Å². The Kier molecular flexibility index (Phi) is 4.89. The Bertz CT molecular complexity index is 1180. The van der Waals surface area contributed by atoms with Crippen molar-refractivity contribution in [3.8, 4) is 11.3 Å². The van der Waals surface area contributed by atoms with E-state index in [4.69, 9.17) is 4.42 Å². The van der Waals surface area contributed by atoms with Crippen LogP contribution in [0.4, 0.5) is 5.95 Å². The van der Waals surface area contributed by atoms with Crippen LogP contribution in [-0.4, -0.2) is 9.97 Å². The normalized spacial score (nSPS) is 11.8. The smallest absolute Gasteiger partial charge is 0.243 e. The molecule has 0 spiro atoms. The van der Waals surface area contributed by atoms with Gasteiger partial charge in [-0.25, -0.2) is 15.4 Å². The van der Waals surface area contributed by atoms with Crippen LogP contribution in [0.25, 0.3) is 22.3 Å². The summed E-state index contributed by atoms with van der Waals surface area (Å²) in [5.74, 6) is 1.25. The van der Waals surface area contributed by atoms with Crippen LogP contribution >= 0.6 is 0 Å². The van der Waals surface area contributed by atoms with Crippen LogP contribution in [0.1, 0.15) is 23.9 Å².